The number of fused-ring (bicyclic) bond motifs is 2. The molecule has 3 aliphatic heterocycles. The zero-order chi connectivity index (χ0) is 19.5. The van der Waals surface area contributed by atoms with Crippen LogP contribution in [0.25, 0.3) is 0 Å². The van der Waals surface area contributed by atoms with Gasteiger partial charge < -0.3 is 5.32 Å². The van der Waals surface area contributed by atoms with E-state index in [1.54, 1.807) is 0 Å². The topological polar surface area (TPSA) is 78.5 Å². The van der Waals surface area contributed by atoms with E-state index in [0.29, 0.717) is 6.54 Å². The molecular formula is C22H21N3O3. The van der Waals surface area contributed by atoms with Crippen LogP contribution in [0.3, 0.4) is 0 Å². The van der Waals surface area contributed by atoms with Gasteiger partial charge >= 0.3 is 0 Å². The summed E-state index contributed by atoms with van der Waals surface area (Å²) in [5, 5.41) is 6.44. The van der Waals surface area contributed by atoms with Gasteiger partial charge in [-0.3, -0.25) is 24.6 Å². The van der Waals surface area contributed by atoms with Crippen molar-refractivity contribution < 1.29 is 14.4 Å². The first-order valence-corrected chi connectivity index (χ1v) is 9.53. The van der Waals surface area contributed by atoms with Crippen LogP contribution in [-0.4, -0.2) is 41.8 Å². The van der Waals surface area contributed by atoms with Crippen molar-refractivity contribution in [1.82, 2.24) is 15.5 Å². The number of carbonyl (C=O) groups excluding carboxylic acids is 3. The van der Waals surface area contributed by atoms with Crippen LogP contribution in [0.15, 0.2) is 60.7 Å². The molecule has 0 bridgehead atoms. The van der Waals surface area contributed by atoms with Crippen LogP contribution >= 0.6 is 0 Å². The van der Waals surface area contributed by atoms with Gasteiger partial charge in [0.1, 0.15) is 5.54 Å². The van der Waals surface area contributed by atoms with Gasteiger partial charge in [0, 0.05) is 25.6 Å². The minimum absolute atomic E-state index is 0.203. The third kappa shape index (κ3) is 2.09. The average Bonchev–Trinajstić information content (AvgIpc) is 3.33. The number of imide groups is 1. The average molecular weight is 375 g/mol. The molecule has 142 valence electrons. The summed E-state index contributed by atoms with van der Waals surface area (Å²) in [5.74, 6) is -2.24. The summed E-state index contributed by atoms with van der Waals surface area (Å²) < 4.78 is 0. The monoisotopic (exact) mass is 375 g/mol. The Morgan fingerprint density at radius 3 is 2.14 bits per heavy atom. The third-order valence-electron chi connectivity index (χ3n) is 6.57. The molecule has 5 atom stereocenters. The van der Waals surface area contributed by atoms with E-state index in [2.05, 4.69) is 10.6 Å². The number of rotatable bonds is 2. The number of nitrogens with zero attached hydrogens (tertiary/aromatic N) is 1. The van der Waals surface area contributed by atoms with Crippen molar-refractivity contribution in [2.45, 2.75) is 17.5 Å². The molecule has 2 aromatic rings. The SMILES string of the molecule is CN1C(=O)[C@H]2[C@@H](C1=O)[C@@]1(N[C@H]2c2ccccc2)C(=O)NC[C@H]1c1ccccc1. The van der Waals surface area contributed by atoms with Crippen LogP contribution in [-0.2, 0) is 14.4 Å². The van der Waals surface area contributed by atoms with Gasteiger partial charge in [-0.05, 0) is 11.1 Å². The summed E-state index contributed by atoms with van der Waals surface area (Å²) in [6, 6.07) is 19.0. The van der Waals surface area contributed by atoms with Crippen molar-refractivity contribution >= 4 is 17.7 Å². The summed E-state index contributed by atoms with van der Waals surface area (Å²) in [7, 11) is 1.52. The van der Waals surface area contributed by atoms with Crippen molar-refractivity contribution in [2.24, 2.45) is 11.8 Å². The number of likely N-dealkylation sites (tertiary alicyclic amines) is 1. The largest absolute Gasteiger partial charge is 0.354 e. The van der Waals surface area contributed by atoms with Crippen molar-refractivity contribution in [3.63, 3.8) is 0 Å². The summed E-state index contributed by atoms with van der Waals surface area (Å²) >= 11 is 0. The summed E-state index contributed by atoms with van der Waals surface area (Å²) in [4.78, 5) is 40.5. The second kappa shape index (κ2) is 6.01. The molecule has 3 saturated heterocycles. The van der Waals surface area contributed by atoms with E-state index in [0.717, 1.165) is 11.1 Å². The Hall–Kier alpha value is -2.99. The number of hydrogen-bond acceptors (Lipinski definition) is 4. The molecule has 0 aromatic heterocycles. The van der Waals surface area contributed by atoms with E-state index < -0.39 is 17.4 Å². The Kier molecular flexibility index (Phi) is 3.67. The van der Waals surface area contributed by atoms with E-state index >= 15 is 0 Å². The van der Waals surface area contributed by atoms with Gasteiger partial charge in [0.25, 0.3) is 0 Å². The van der Waals surface area contributed by atoms with E-state index in [1.807, 2.05) is 60.7 Å². The molecule has 3 amide bonds. The molecule has 2 N–H and O–H groups in total. The number of benzene rings is 2. The van der Waals surface area contributed by atoms with Crippen LogP contribution < -0.4 is 10.6 Å². The molecule has 0 unspecified atom stereocenters. The maximum Gasteiger partial charge on any atom is 0.241 e. The highest BCUT2D eigenvalue weighted by Crippen LogP contribution is 2.54. The van der Waals surface area contributed by atoms with E-state index in [4.69, 9.17) is 0 Å². The summed E-state index contributed by atoms with van der Waals surface area (Å²) in [6.45, 7) is 0.436. The lowest BCUT2D eigenvalue weighted by Gasteiger charge is -2.34. The molecule has 6 heteroatoms. The lowest BCUT2D eigenvalue weighted by molar-refractivity contribution is -0.141. The predicted octanol–water partition coefficient (Wildman–Crippen LogP) is 1.21. The Morgan fingerprint density at radius 2 is 1.50 bits per heavy atom. The second-order valence-corrected chi connectivity index (χ2v) is 7.81. The quantitative estimate of drug-likeness (QED) is 0.774. The normalized spacial score (nSPS) is 34.2. The highest BCUT2D eigenvalue weighted by molar-refractivity contribution is 6.10. The van der Waals surface area contributed by atoms with E-state index in [9.17, 15) is 14.4 Å². The Morgan fingerprint density at radius 1 is 0.893 bits per heavy atom. The molecule has 6 nitrogen and oxygen atoms in total. The van der Waals surface area contributed by atoms with Crippen molar-refractivity contribution in [3.8, 4) is 0 Å². The first kappa shape index (κ1) is 17.1. The number of nitrogens with one attached hydrogen (secondary N) is 2. The van der Waals surface area contributed by atoms with E-state index in [1.165, 1.54) is 11.9 Å². The fourth-order valence-corrected chi connectivity index (χ4v) is 5.29. The summed E-state index contributed by atoms with van der Waals surface area (Å²) in [6.07, 6.45) is 0. The van der Waals surface area contributed by atoms with Crippen molar-refractivity contribution in [1.29, 1.82) is 0 Å². The number of carbonyl (C=O) groups is 3. The van der Waals surface area contributed by atoms with Gasteiger partial charge in [-0.1, -0.05) is 60.7 Å². The molecule has 0 saturated carbocycles. The molecule has 3 aliphatic rings. The number of amides is 3. The summed E-state index contributed by atoms with van der Waals surface area (Å²) in [5.41, 5.74) is 0.761. The Balaban J connectivity index is 1.69. The zero-order valence-electron chi connectivity index (χ0n) is 15.5. The van der Waals surface area contributed by atoms with Crippen molar-refractivity contribution in [2.75, 3.05) is 13.6 Å². The minimum atomic E-state index is -1.13. The number of hydrogen-bond donors (Lipinski definition) is 2. The van der Waals surface area contributed by atoms with Crippen LogP contribution in [0.2, 0.25) is 0 Å². The molecule has 0 aliphatic carbocycles. The molecule has 3 fully saturated rings. The van der Waals surface area contributed by atoms with Crippen LogP contribution in [0.1, 0.15) is 23.1 Å². The van der Waals surface area contributed by atoms with Crippen LogP contribution in [0.4, 0.5) is 0 Å². The molecule has 1 spiro atoms. The maximum absolute atomic E-state index is 13.2. The lowest BCUT2D eigenvalue weighted by atomic mass is 9.71. The maximum atomic E-state index is 13.2. The van der Waals surface area contributed by atoms with Crippen LogP contribution in [0.5, 0.6) is 0 Å². The van der Waals surface area contributed by atoms with Gasteiger partial charge in [-0.15, -0.1) is 0 Å². The van der Waals surface area contributed by atoms with Crippen LogP contribution in [0, 0.1) is 11.8 Å². The Labute approximate surface area is 162 Å². The fourth-order valence-electron chi connectivity index (χ4n) is 5.29. The minimum Gasteiger partial charge on any atom is -0.354 e. The highest BCUT2D eigenvalue weighted by atomic mass is 16.2. The Bertz CT molecular complexity index is 962. The standard InChI is InChI=1S/C22H21N3O3/c1-25-19(26)16-17(20(25)27)22(24-18(16)14-10-6-3-7-11-14)15(12-23-21(22)28)13-8-4-2-5-9-13/h2-11,15-18,24H,12H2,1H3,(H,23,28)/t15-,16-,17-,18-,22+/m0/s1. The highest BCUT2D eigenvalue weighted by Gasteiger charge is 2.71. The molecular weight excluding hydrogens is 354 g/mol. The van der Waals surface area contributed by atoms with Gasteiger partial charge in [-0.2, -0.15) is 0 Å². The van der Waals surface area contributed by atoms with Crippen molar-refractivity contribution in [3.05, 3.63) is 71.8 Å². The van der Waals surface area contributed by atoms with Gasteiger partial charge in [0.05, 0.1) is 11.8 Å². The first-order chi connectivity index (χ1) is 13.6. The fraction of sp³-hybridized carbons (Fsp3) is 0.318. The van der Waals surface area contributed by atoms with E-state index in [-0.39, 0.29) is 29.7 Å². The molecule has 3 heterocycles. The van der Waals surface area contributed by atoms with Gasteiger partial charge in [0.2, 0.25) is 17.7 Å². The lowest BCUT2D eigenvalue weighted by Crippen LogP contribution is -2.57. The first-order valence-electron chi connectivity index (χ1n) is 9.53. The molecule has 5 rings (SSSR count). The smallest absolute Gasteiger partial charge is 0.241 e. The zero-order valence-corrected chi connectivity index (χ0v) is 15.5. The van der Waals surface area contributed by atoms with Gasteiger partial charge in [0.15, 0.2) is 0 Å². The third-order valence-corrected chi connectivity index (χ3v) is 6.57. The van der Waals surface area contributed by atoms with Gasteiger partial charge in [-0.25, -0.2) is 0 Å². The molecule has 28 heavy (non-hydrogen) atoms. The predicted molar refractivity (Wildman–Crippen MR) is 102 cm³/mol. The second-order valence-electron chi connectivity index (χ2n) is 7.81. The molecule has 2 aromatic carbocycles. The molecule has 0 radical (unpaired) electrons.